The second kappa shape index (κ2) is 9.44. The van der Waals surface area contributed by atoms with E-state index in [9.17, 15) is 28.2 Å². The van der Waals surface area contributed by atoms with E-state index in [-0.39, 0.29) is 36.9 Å². The van der Waals surface area contributed by atoms with E-state index in [1.54, 1.807) is 31.3 Å². The molecule has 2 aliphatic rings. The van der Waals surface area contributed by atoms with E-state index < -0.39 is 37.9 Å². The van der Waals surface area contributed by atoms with Crippen molar-refractivity contribution in [2.75, 3.05) is 19.7 Å². The average molecular weight is 539 g/mol. The first-order valence-corrected chi connectivity index (χ1v) is 13.6. The summed E-state index contributed by atoms with van der Waals surface area (Å²) < 4.78 is 25.5. The molecule has 1 aromatic heterocycles. The fourth-order valence-corrected chi connectivity index (χ4v) is 7.37. The predicted molar refractivity (Wildman–Crippen MR) is 133 cm³/mol. The molecule has 0 radical (unpaired) electrons. The standard InChI is InChI=1S/C24H31ClN4O6S/c1-23(2,18(31)13-30)36(34,35)24(9-10-24)14-29-11-8-17-19(27-28(3)20(17)22(29)33)21(32)26-12-15-4-6-16(25)7-5-15/h4-7,18,30-31H,8-14H2,1-3H3,(H,26,32)/t18-/m1/s1. The molecule has 36 heavy (non-hydrogen) atoms. The van der Waals surface area contributed by atoms with Gasteiger partial charge in [0.15, 0.2) is 15.5 Å². The zero-order valence-electron chi connectivity index (χ0n) is 20.5. The molecule has 1 aliphatic heterocycles. The maximum absolute atomic E-state index is 13.4. The molecule has 2 amide bonds. The lowest BCUT2D eigenvalue weighted by Crippen LogP contribution is -2.55. The van der Waals surface area contributed by atoms with Crippen molar-refractivity contribution in [1.82, 2.24) is 20.0 Å². The number of nitrogens with one attached hydrogen (secondary N) is 1. The van der Waals surface area contributed by atoms with Crippen LogP contribution in [0, 0.1) is 0 Å². The van der Waals surface area contributed by atoms with Crippen LogP contribution in [0.4, 0.5) is 0 Å². The highest BCUT2D eigenvalue weighted by atomic mass is 35.5. The van der Waals surface area contributed by atoms with Gasteiger partial charge in [-0.1, -0.05) is 23.7 Å². The van der Waals surface area contributed by atoms with Gasteiger partial charge in [-0.15, -0.1) is 0 Å². The summed E-state index contributed by atoms with van der Waals surface area (Å²) >= 11 is 5.90. The van der Waals surface area contributed by atoms with Gasteiger partial charge in [0, 0.05) is 37.3 Å². The summed E-state index contributed by atoms with van der Waals surface area (Å²) in [6.07, 6.45) is -0.332. The number of fused-ring (bicyclic) bond motifs is 1. The molecule has 3 N–H and O–H groups in total. The Morgan fingerprint density at radius 2 is 1.92 bits per heavy atom. The summed E-state index contributed by atoms with van der Waals surface area (Å²) in [6, 6.07) is 7.08. The number of aryl methyl sites for hydroxylation is 1. The fourth-order valence-electron chi connectivity index (χ4n) is 4.73. The van der Waals surface area contributed by atoms with Crippen LogP contribution in [0.2, 0.25) is 5.02 Å². The zero-order chi connectivity index (χ0) is 26.5. The minimum atomic E-state index is -3.89. The second-order valence-corrected chi connectivity index (χ2v) is 13.4. The Labute approximate surface area is 215 Å². The number of benzene rings is 1. The maximum atomic E-state index is 13.4. The van der Waals surface area contributed by atoms with E-state index in [4.69, 9.17) is 11.6 Å². The summed E-state index contributed by atoms with van der Waals surface area (Å²) in [5.74, 6) is -0.783. The number of rotatable bonds is 9. The first-order valence-electron chi connectivity index (χ1n) is 11.8. The molecule has 2 aromatic rings. The van der Waals surface area contributed by atoms with Crippen LogP contribution >= 0.6 is 11.6 Å². The minimum Gasteiger partial charge on any atom is -0.394 e. The smallest absolute Gasteiger partial charge is 0.272 e. The first-order chi connectivity index (χ1) is 16.8. The molecule has 1 aromatic carbocycles. The van der Waals surface area contributed by atoms with Crippen molar-refractivity contribution < 1.29 is 28.2 Å². The van der Waals surface area contributed by atoms with Gasteiger partial charge in [-0.25, -0.2) is 8.42 Å². The van der Waals surface area contributed by atoms with Crippen molar-refractivity contribution in [2.24, 2.45) is 7.05 Å². The van der Waals surface area contributed by atoms with E-state index >= 15 is 0 Å². The number of aliphatic hydroxyl groups is 2. The molecule has 0 saturated heterocycles. The number of hydrogen-bond donors (Lipinski definition) is 3. The molecule has 12 heteroatoms. The second-order valence-electron chi connectivity index (χ2n) is 10.1. The zero-order valence-corrected chi connectivity index (χ0v) is 22.1. The molecular weight excluding hydrogens is 508 g/mol. The quantitative estimate of drug-likeness (QED) is 0.433. The first kappa shape index (κ1) is 26.6. The highest BCUT2D eigenvalue weighted by Crippen LogP contribution is 2.50. The molecule has 1 aliphatic carbocycles. The Bertz CT molecular complexity index is 1280. The topological polar surface area (TPSA) is 142 Å². The number of carbonyl (C=O) groups excluding carboxylic acids is 2. The fraction of sp³-hybridized carbons (Fsp3) is 0.542. The number of amides is 2. The van der Waals surface area contributed by atoms with Crippen molar-refractivity contribution >= 4 is 33.3 Å². The third-order valence-electron chi connectivity index (χ3n) is 7.37. The van der Waals surface area contributed by atoms with E-state index in [1.165, 1.54) is 23.4 Å². The molecule has 2 heterocycles. The number of hydrogen-bond acceptors (Lipinski definition) is 7. The normalized spacial score (nSPS) is 18.1. The summed E-state index contributed by atoms with van der Waals surface area (Å²) in [5.41, 5.74) is 1.84. The van der Waals surface area contributed by atoms with E-state index in [0.717, 1.165) is 5.56 Å². The van der Waals surface area contributed by atoms with Gasteiger partial charge < -0.3 is 20.4 Å². The molecule has 0 unspecified atom stereocenters. The predicted octanol–water partition coefficient (Wildman–Crippen LogP) is 1.08. The van der Waals surface area contributed by atoms with Crippen molar-refractivity contribution in [1.29, 1.82) is 0 Å². The maximum Gasteiger partial charge on any atom is 0.272 e. The number of aromatic nitrogens is 2. The van der Waals surface area contributed by atoms with Gasteiger partial charge in [-0.05, 0) is 50.8 Å². The largest absolute Gasteiger partial charge is 0.394 e. The number of halogens is 1. The third-order valence-corrected chi connectivity index (χ3v) is 11.0. The van der Waals surface area contributed by atoms with E-state index in [2.05, 4.69) is 10.4 Å². The van der Waals surface area contributed by atoms with E-state index in [0.29, 0.717) is 29.8 Å². The Morgan fingerprint density at radius 1 is 1.28 bits per heavy atom. The van der Waals surface area contributed by atoms with Crippen LogP contribution in [-0.4, -0.2) is 80.4 Å². The SMILES string of the molecule is Cn1nc(C(=O)NCc2ccc(Cl)cc2)c2c1C(=O)N(CC1(S(=O)(=O)C(C)(C)[C@H](O)CO)CC1)CC2. The Kier molecular flexibility index (Phi) is 6.97. The molecule has 0 bridgehead atoms. The van der Waals surface area contributed by atoms with Gasteiger partial charge in [0.05, 0.1) is 22.2 Å². The van der Waals surface area contributed by atoms with Crippen LogP contribution < -0.4 is 5.32 Å². The number of sulfone groups is 1. The lowest BCUT2D eigenvalue weighted by atomic mass is 10.0. The van der Waals surface area contributed by atoms with Crippen LogP contribution in [0.5, 0.6) is 0 Å². The molecular formula is C24H31ClN4O6S. The highest BCUT2D eigenvalue weighted by molar-refractivity contribution is 7.94. The summed E-state index contributed by atoms with van der Waals surface area (Å²) in [7, 11) is -2.31. The molecule has 4 rings (SSSR count). The van der Waals surface area contributed by atoms with Crippen LogP contribution in [0.1, 0.15) is 58.8 Å². The molecule has 0 spiro atoms. The van der Waals surface area contributed by atoms with E-state index in [1.807, 2.05) is 0 Å². The number of carbonyl (C=O) groups is 2. The summed E-state index contributed by atoms with van der Waals surface area (Å²) in [5, 5.41) is 27.2. The van der Waals surface area contributed by atoms with Crippen LogP contribution in [-0.2, 0) is 29.9 Å². The van der Waals surface area contributed by atoms with Crippen molar-refractivity contribution in [3.8, 4) is 0 Å². The van der Waals surface area contributed by atoms with Crippen molar-refractivity contribution in [2.45, 2.75) is 55.3 Å². The third kappa shape index (κ3) is 4.42. The molecule has 1 saturated carbocycles. The lowest BCUT2D eigenvalue weighted by Gasteiger charge is -2.36. The van der Waals surface area contributed by atoms with Gasteiger partial charge in [0.25, 0.3) is 11.8 Å². The van der Waals surface area contributed by atoms with Gasteiger partial charge in [-0.2, -0.15) is 5.10 Å². The van der Waals surface area contributed by atoms with Crippen LogP contribution in [0.15, 0.2) is 24.3 Å². The molecule has 1 atom stereocenters. The van der Waals surface area contributed by atoms with Crippen molar-refractivity contribution in [3.05, 3.63) is 51.8 Å². The summed E-state index contributed by atoms with van der Waals surface area (Å²) in [6.45, 7) is 2.63. The van der Waals surface area contributed by atoms with Crippen molar-refractivity contribution in [3.63, 3.8) is 0 Å². The van der Waals surface area contributed by atoms with Crippen LogP contribution in [0.25, 0.3) is 0 Å². The number of aliphatic hydroxyl groups excluding tert-OH is 2. The highest BCUT2D eigenvalue weighted by Gasteiger charge is 2.62. The monoisotopic (exact) mass is 538 g/mol. The molecule has 1 fully saturated rings. The lowest BCUT2D eigenvalue weighted by molar-refractivity contribution is 0.0673. The average Bonchev–Trinajstić information content (AvgIpc) is 3.56. The Morgan fingerprint density at radius 3 is 2.50 bits per heavy atom. The Hall–Kier alpha value is -2.47. The van der Waals surface area contributed by atoms with Gasteiger partial charge in [0.1, 0.15) is 5.69 Å². The Balaban J connectivity index is 1.51. The minimum absolute atomic E-state index is 0.0154. The summed E-state index contributed by atoms with van der Waals surface area (Å²) in [4.78, 5) is 27.8. The van der Waals surface area contributed by atoms with Gasteiger partial charge >= 0.3 is 0 Å². The van der Waals surface area contributed by atoms with Crippen LogP contribution in [0.3, 0.4) is 0 Å². The molecule has 10 nitrogen and oxygen atoms in total. The molecule has 196 valence electrons. The van der Waals surface area contributed by atoms with Gasteiger partial charge in [-0.3, -0.25) is 14.3 Å². The number of nitrogens with zero attached hydrogens (tertiary/aromatic N) is 3. The van der Waals surface area contributed by atoms with Gasteiger partial charge in [0.2, 0.25) is 0 Å².